The normalized spacial score (nSPS) is 21.1. The Balaban J connectivity index is 2.23. The maximum atomic E-state index is 11.6. The molecule has 0 saturated carbocycles. The van der Waals surface area contributed by atoms with E-state index in [0.29, 0.717) is 0 Å². The molecular formula is C11H17N3O2. The first-order valence-electron chi connectivity index (χ1n) is 5.64. The van der Waals surface area contributed by atoms with Gasteiger partial charge in [0.15, 0.2) is 0 Å². The van der Waals surface area contributed by atoms with E-state index in [0.717, 1.165) is 37.1 Å². The van der Waals surface area contributed by atoms with E-state index in [1.165, 1.54) is 0 Å². The monoisotopic (exact) mass is 223 g/mol. The van der Waals surface area contributed by atoms with Gasteiger partial charge in [0, 0.05) is 6.54 Å². The van der Waals surface area contributed by atoms with E-state index in [2.05, 4.69) is 10.2 Å². The highest BCUT2D eigenvalue weighted by molar-refractivity contribution is 5.77. The minimum Gasteiger partial charge on any atom is -0.387 e. The minimum absolute atomic E-state index is 0.0518. The molecule has 2 rings (SSSR count). The third-order valence-electron chi connectivity index (χ3n) is 3.16. The van der Waals surface area contributed by atoms with Crippen molar-refractivity contribution in [2.24, 2.45) is 0 Å². The zero-order chi connectivity index (χ0) is 11.5. The number of aryl methyl sites for hydroxylation is 1. The SMILES string of the molecule is Cc1cn[nH]c1C1CCCCN1C(=O)CO. The predicted molar refractivity (Wildman–Crippen MR) is 58.7 cm³/mol. The maximum Gasteiger partial charge on any atom is 0.248 e. The van der Waals surface area contributed by atoms with Crippen molar-refractivity contribution in [1.82, 2.24) is 15.1 Å². The zero-order valence-corrected chi connectivity index (χ0v) is 9.44. The molecule has 1 saturated heterocycles. The van der Waals surface area contributed by atoms with Crippen molar-refractivity contribution < 1.29 is 9.90 Å². The van der Waals surface area contributed by atoms with Crippen LogP contribution < -0.4 is 0 Å². The molecule has 0 spiro atoms. The molecule has 0 bridgehead atoms. The van der Waals surface area contributed by atoms with E-state index in [4.69, 9.17) is 5.11 Å². The summed E-state index contributed by atoms with van der Waals surface area (Å²) in [6, 6.07) is 0.0518. The van der Waals surface area contributed by atoms with Gasteiger partial charge in [-0.2, -0.15) is 5.10 Å². The Hall–Kier alpha value is -1.36. The van der Waals surface area contributed by atoms with Gasteiger partial charge in [0.05, 0.1) is 17.9 Å². The average Bonchev–Trinajstić information content (AvgIpc) is 2.74. The number of H-pyrrole nitrogens is 1. The summed E-state index contributed by atoms with van der Waals surface area (Å²) < 4.78 is 0. The van der Waals surface area contributed by atoms with Gasteiger partial charge in [-0.15, -0.1) is 0 Å². The predicted octanol–water partition coefficient (Wildman–Crippen LogP) is 0.764. The third kappa shape index (κ3) is 1.95. The molecule has 1 fully saturated rings. The lowest BCUT2D eigenvalue weighted by atomic mass is 9.97. The number of aliphatic hydroxyl groups is 1. The van der Waals surface area contributed by atoms with Crippen molar-refractivity contribution in [3.8, 4) is 0 Å². The third-order valence-corrected chi connectivity index (χ3v) is 3.16. The fraction of sp³-hybridized carbons (Fsp3) is 0.636. The fourth-order valence-corrected chi connectivity index (χ4v) is 2.31. The molecule has 1 aromatic heterocycles. The number of carbonyl (C=O) groups excluding carboxylic acids is 1. The molecule has 1 amide bonds. The van der Waals surface area contributed by atoms with Crippen LogP contribution in [0.25, 0.3) is 0 Å². The lowest BCUT2D eigenvalue weighted by Crippen LogP contribution is -2.40. The van der Waals surface area contributed by atoms with Crippen LogP contribution in [0.15, 0.2) is 6.20 Å². The van der Waals surface area contributed by atoms with Crippen LogP contribution in [0.4, 0.5) is 0 Å². The summed E-state index contributed by atoms with van der Waals surface area (Å²) >= 11 is 0. The van der Waals surface area contributed by atoms with E-state index in [-0.39, 0.29) is 11.9 Å². The smallest absolute Gasteiger partial charge is 0.248 e. The van der Waals surface area contributed by atoms with Crippen molar-refractivity contribution in [3.05, 3.63) is 17.5 Å². The molecule has 0 radical (unpaired) electrons. The summed E-state index contributed by atoms with van der Waals surface area (Å²) in [7, 11) is 0. The molecule has 0 aromatic carbocycles. The van der Waals surface area contributed by atoms with Gasteiger partial charge in [0.25, 0.3) is 0 Å². The van der Waals surface area contributed by atoms with Crippen LogP contribution in [0.3, 0.4) is 0 Å². The van der Waals surface area contributed by atoms with Gasteiger partial charge in [-0.05, 0) is 31.7 Å². The number of piperidine rings is 1. The fourth-order valence-electron chi connectivity index (χ4n) is 2.31. The van der Waals surface area contributed by atoms with Gasteiger partial charge >= 0.3 is 0 Å². The van der Waals surface area contributed by atoms with Gasteiger partial charge in [0.1, 0.15) is 6.61 Å². The highest BCUT2D eigenvalue weighted by atomic mass is 16.3. The first-order valence-corrected chi connectivity index (χ1v) is 5.64. The number of nitrogens with one attached hydrogen (secondary N) is 1. The summed E-state index contributed by atoms with van der Waals surface area (Å²) in [5.41, 5.74) is 2.07. The molecule has 1 aliphatic rings. The average molecular weight is 223 g/mol. The first kappa shape index (κ1) is 11.1. The lowest BCUT2D eigenvalue weighted by Gasteiger charge is -2.35. The summed E-state index contributed by atoms with van der Waals surface area (Å²) in [5, 5.41) is 15.9. The summed E-state index contributed by atoms with van der Waals surface area (Å²) in [4.78, 5) is 13.4. The second-order valence-corrected chi connectivity index (χ2v) is 4.22. The van der Waals surface area contributed by atoms with Crippen LogP contribution in [0.1, 0.15) is 36.6 Å². The van der Waals surface area contributed by atoms with Gasteiger partial charge < -0.3 is 10.0 Å². The first-order chi connectivity index (χ1) is 7.74. The Morgan fingerprint density at radius 3 is 3.12 bits per heavy atom. The van der Waals surface area contributed by atoms with E-state index in [1.54, 1.807) is 11.1 Å². The largest absolute Gasteiger partial charge is 0.387 e. The summed E-state index contributed by atoms with van der Waals surface area (Å²) in [6.07, 6.45) is 4.83. The number of rotatable bonds is 2. The van der Waals surface area contributed by atoms with E-state index in [1.807, 2.05) is 6.92 Å². The Kier molecular flexibility index (Phi) is 3.24. The van der Waals surface area contributed by atoms with Gasteiger partial charge in [-0.3, -0.25) is 9.89 Å². The van der Waals surface area contributed by atoms with Crippen LogP contribution in [0.5, 0.6) is 0 Å². The summed E-state index contributed by atoms with van der Waals surface area (Å²) in [6.45, 7) is 2.29. The Bertz CT molecular complexity index is 375. The number of amides is 1. The molecule has 1 unspecified atom stereocenters. The van der Waals surface area contributed by atoms with Crippen molar-refractivity contribution in [1.29, 1.82) is 0 Å². The molecule has 2 heterocycles. The number of likely N-dealkylation sites (tertiary alicyclic amines) is 1. The topological polar surface area (TPSA) is 69.2 Å². The van der Waals surface area contributed by atoms with Crippen molar-refractivity contribution in [2.75, 3.05) is 13.2 Å². The number of carbonyl (C=O) groups is 1. The molecule has 16 heavy (non-hydrogen) atoms. The number of aromatic amines is 1. The van der Waals surface area contributed by atoms with Crippen molar-refractivity contribution in [3.63, 3.8) is 0 Å². The molecule has 1 aliphatic heterocycles. The maximum absolute atomic E-state index is 11.6. The van der Waals surface area contributed by atoms with Crippen molar-refractivity contribution in [2.45, 2.75) is 32.2 Å². The Labute approximate surface area is 94.5 Å². The summed E-state index contributed by atoms with van der Waals surface area (Å²) in [5.74, 6) is -0.196. The van der Waals surface area contributed by atoms with Crippen LogP contribution in [-0.2, 0) is 4.79 Å². The van der Waals surface area contributed by atoms with Crippen LogP contribution >= 0.6 is 0 Å². The molecule has 5 nitrogen and oxygen atoms in total. The van der Waals surface area contributed by atoms with E-state index < -0.39 is 6.61 Å². The van der Waals surface area contributed by atoms with Gasteiger partial charge in [-0.1, -0.05) is 0 Å². The molecule has 0 aliphatic carbocycles. The molecular weight excluding hydrogens is 206 g/mol. The van der Waals surface area contributed by atoms with Crippen LogP contribution in [-0.4, -0.2) is 39.3 Å². The Morgan fingerprint density at radius 1 is 1.69 bits per heavy atom. The number of hydrogen-bond acceptors (Lipinski definition) is 3. The molecule has 2 N–H and O–H groups in total. The second kappa shape index (κ2) is 4.65. The van der Waals surface area contributed by atoms with Gasteiger partial charge in [-0.25, -0.2) is 0 Å². The molecule has 88 valence electrons. The van der Waals surface area contributed by atoms with E-state index in [9.17, 15) is 4.79 Å². The molecule has 5 heteroatoms. The standard InChI is InChI=1S/C11H17N3O2/c1-8-6-12-13-11(8)9-4-2-3-5-14(9)10(16)7-15/h6,9,15H,2-5,7H2,1H3,(H,12,13). The quantitative estimate of drug-likeness (QED) is 0.777. The van der Waals surface area contributed by atoms with Crippen molar-refractivity contribution >= 4 is 5.91 Å². The number of aromatic nitrogens is 2. The minimum atomic E-state index is -0.413. The van der Waals surface area contributed by atoms with Gasteiger partial charge in [0.2, 0.25) is 5.91 Å². The second-order valence-electron chi connectivity index (χ2n) is 4.22. The highest BCUT2D eigenvalue weighted by Gasteiger charge is 2.29. The lowest BCUT2D eigenvalue weighted by molar-refractivity contribution is -0.138. The molecule has 1 aromatic rings. The zero-order valence-electron chi connectivity index (χ0n) is 9.44. The van der Waals surface area contributed by atoms with Crippen LogP contribution in [0.2, 0.25) is 0 Å². The van der Waals surface area contributed by atoms with E-state index >= 15 is 0 Å². The van der Waals surface area contributed by atoms with Crippen LogP contribution in [0, 0.1) is 6.92 Å². The Morgan fingerprint density at radius 2 is 2.50 bits per heavy atom. The molecule has 1 atom stereocenters. The number of hydrogen-bond donors (Lipinski definition) is 2. The number of nitrogens with zero attached hydrogens (tertiary/aromatic N) is 2. The number of aliphatic hydroxyl groups excluding tert-OH is 1. The highest BCUT2D eigenvalue weighted by Crippen LogP contribution is 2.31.